The predicted octanol–water partition coefficient (Wildman–Crippen LogP) is 4.78. The van der Waals surface area contributed by atoms with Gasteiger partial charge in [-0.2, -0.15) is 0 Å². The summed E-state index contributed by atoms with van der Waals surface area (Å²) in [6, 6.07) is 15.9. The number of aromatic hydroxyl groups is 1. The Morgan fingerprint density at radius 3 is 2.50 bits per heavy atom. The van der Waals surface area contributed by atoms with Gasteiger partial charge in [-0.05, 0) is 49.7 Å². The van der Waals surface area contributed by atoms with Gasteiger partial charge in [0.1, 0.15) is 11.3 Å². The van der Waals surface area contributed by atoms with Gasteiger partial charge in [0.15, 0.2) is 0 Å². The molecule has 0 radical (unpaired) electrons. The Balaban J connectivity index is 1.86. The maximum absolute atomic E-state index is 10.9. The van der Waals surface area contributed by atoms with Crippen molar-refractivity contribution in [2.75, 3.05) is 13.1 Å². The Morgan fingerprint density at radius 2 is 1.75 bits per heavy atom. The molecule has 4 heteroatoms. The first-order chi connectivity index (χ1) is 11.7. The molecule has 2 heterocycles. The zero-order valence-electron chi connectivity index (χ0n) is 13.3. The second kappa shape index (κ2) is 6.42. The van der Waals surface area contributed by atoms with Crippen molar-refractivity contribution < 1.29 is 5.11 Å². The van der Waals surface area contributed by atoms with Gasteiger partial charge in [0.25, 0.3) is 0 Å². The second-order valence-corrected chi connectivity index (χ2v) is 6.71. The molecule has 0 spiro atoms. The van der Waals surface area contributed by atoms with E-state index >= 15 is 0 Å². The molecule has 0 unspecified atom stereocenters. The average molecular weight is 339 g/mol. The zero-order valence-corrected chi connectivity index (χ0v) is 14.1. The Bertz CT molecular complexity index is 857. The van der Waals surface area contributed by atoms with Crippen LogP contribution in [-0.2, 0) is 0 Å². The number of nitrogens with zero attached hydrogens (tertiary/aromatic N) is 2. The Labute approximate surface area is 146 Å². The highest BCUT2D eigenvalue weighted by molar-refractivity contribution is 6.30. The lowest BCUT2D eigenvalue weighted by Gasteiger charge is -2.29. The maximum Gasteiger partial charge on any atom is 0.146 e. The van der Waals surface area contributed by atoms with E-state index in [9.17, 15) is 5.11 Å². The van der Waals surface area contributed by atoms with Gasteiger partial charge >= 0.3 is 0 Å². The number of pyridine rings is 1. The molecular formula is C20H19ClN2O. The highest BCUT2D eigenvalue weighted by Gasteiger charge is 2.28. The molecule has 1 saturated heterocycles. The maximum atomic E-state index is 10.9. The standard InChI is InChI=1S/C20H19ClN2O/c21-16-8-5-15(6-9-16)19(23-12-1-2-13-23)17-10-7-14-4-3-11-22-18(14)20(17)24/h3-11,19,24H,1-2,12-13H2/t19-/m1/s1. The fourth-order valence-corrected chi connectivity index (χ4v) is 3.72. The van der Waals surface area contributed by atoms with Crippen molar-refractivity contribution in [1.29, 1.82) is 0 Å². The van der Waals surface area contributed by atoms with Crippen molar-refractivity contribution in [1.82, 2.24) is 9.88 Å². The molecule has 0 amide bonds. The summed E-state index contributed by atoms with van der Waals surface area (Å²) in [5.74, 6) is 0.278. The van der Waals surface area contributed by atoms with Crippen LogP contribution in [0, 0.1) is 0 Å². The molecule has 0 aliphatic carbocycles. The summed E-state index contributed by atoms with van der Waals surface area (Å²) in [6.07, 6.45) is 4.10. The third-order valence-electron chi connectivity index (χ3n) is 4.77. The molecule has 4 rings (SSSR count). The third kappa shape index (κ3) is 2.74. The molecule has 24 heavy (non-hydrogen) atoms. The van der Waals surface area contributed by atoms with E-state index in [0.717, 1.165) is 34.6 Å². The van der Waals surface area contributed by atoms with Crippen LogP contribution < -0.4 is 0 Å². The molecular weight excluding hydrogens is 320 g/mol. The molecule has 0 saturated carbocycles. The molecule has 3 aromatic rings. The average Bonchev–Trinajstić information content (AvgIpc) is 3.13. The number of hydrogen-bond donors (Lipinski definition) is 1. The van der Waals surface area contributed by atoms with E-state index in [4.69, 9.17) is 11.6 Å². The molecule has 1 aromatic heterocycles. The highest BCUT2D eigenvalue weighted by Crippen LogP contribution is 2.39. The Morgan fingerprint density at radius 1 is 1.00 bits per heavy atom. The molecule has 1 aliphatic heterocycles. The quantitative estimate of drug-likeness (QED) is 0.746. The molecule has 2 aromatic carbocycles. The number of phenolic OH excluding ortho intramolecular Hbond substituents is 1. The van der Waals surface area contributed by atoms with Crippen LogP contribution >= 0.6 is 11.6 Å². The molecule has 1 fully saturated rings. The first kappa shape index (κ1) is 15.4. The van der Waals surface area contributed by atoms with Crippen molar-refractivity contribution in [3.8, 4) is 5.75 Å². The largest absolute Gasteiger partial charge is 0.505 e. The number of phenols is 1. The number of halogens is 1. The fraction of sp³-hybridized carbons (Fsp3) is 0.250. The molecule has 1 N–H and O–H groups in total. The van der Waals surface area contributed by atoms with Crippen LogP contribution in [0.3, 0.4) is 0 Å². The van der Waals surface area contributed by atoms with Crippen molar-refractivity contribution in [3.05, 3.63) is 70.9 Å². The molecule has 3 nitrogen and oxygen atoms in total. The lowest BCUT2D eigenvalue weighted by Crippen LogP contribution is -2.26. The second-order valence-electron chi connectivity index (χ2n) is 6.28. The monoisotopic (exact) mass is 338 g/mol. The van der Waals surface area contributed by atoms with E-state index in [2.05, 4.69) is 9.88 Å². The van der Waals surface area contributed by atoms with Crippen LogP contribution in [0.2, 0.25) is 5.02 Å². The van der Waals surface area contributed by atoms with E-state index in [1.165, 1.54) is 12.8 Å². The molecule has 1 aliphatic rings. The Kier molecular flexibility index (Phi) is 4.13. The van der Waals surface area contributed by atoms with Gasteiger partial charge in [-0.15, -0.1) is 0 Å². The summed E-state index contributed by atoms with van der Waals surface area (Å²) in [7, 11) is 0. The number of fused-ring (bicyclic) bond motifs is 1. The van der Waals surface area contributed by atoms with Gasteiger partial charge in [0, 0.05) is 22.2 Å². The van der Waals surface area contributed by atoms with Crippen LogP contribution in [-0.4, -0.2) is 28.1 Å². The normalized spacial score (nSPS) is 16.5. The minimum atomic E-state index is 0.0242. The van der Waals surface area contributed by atoms with Crippen LogP contribution in [0.1, 0.15) is 30.0 Å². The smallest absolute Gasteiger partial charge is 0.146 e. The number of likely N-dealkylation sites (tertiary alicyclic amines) is 1. The molecule has 0 bridgehead atoms. The predicted molar refractivity (Wildman–Crippen MR) is 97.5 cm³/mol. The van der Waals surface area contributed by atoms with Crippen molar-refractivity contribution in [3.63, 3.8) is 0 Å². The molecule has 122 valence electrons. The van der Waals surface area contributed by atoms with Crippen molar-refractivity contribution in [2.24, 2.45) is 0 Å². The summed E-state index contributed by atoms with van der Waals surface area (Å²) in [5, 5.41) is 12.6. The van der Waals surface area contributed by atoms with Gasteiger partial charge in [-0.1, -0.05) is 41.9 Å². The topological polar surface area (TPSA) is 36.4 Å². The van der Waals surface area contributed by atoms with Crippen molar-refractivity contribution >= 4 is 22.5 Å². The summed E-state index contributed by atoms with van der Waals surface area (Å²) in [5.41, 5.74) is 2.71. The Hall–Kier alpha value is -2.10. The van der Waals surface area contributed by atoms with E-state index in [1.54, 1.807) is 6.20 Å². The minimum Gasteiger partial charge on any atom is -0.505 e. The first-order valence-corrected chi connectivity index (χ1v) is 8.68. The lowest BCUT2D eigenvalue weighted by atomic mass is 9.95. The summed E-state index contributed by atoms with van der Waals surface area (Å²) in [6.45, 7) is 2.07. The van der Waals surface area contributed by atoms with E-state index < -0.39 is 0 Å². The van der Waals surface area contributed by atoms with Crippen molar-refractivity contribution in [2.45, 2.75) is 18.9 Å². The fourth-order valence-electron chi connectivity index (χ4n) is 3.60. The van der Waals surface area contributed by atoms with Gasteiger partial charge in [0.05, 0.1) is 6.04 Å². The summed E-state index contributed by atoms with van der Waals surface area (Å²) < 4.78 is 0. The van der Waals surface area contributed by atoms with Crippen LogP contribution in [0.4, 0.5) is 0 Å². The minimum absolute atomic E-state index is 0.0242. The lowest BCUT2D eigenvalue weighted by molar-refractivity contribution is 0.275. The SMILES string of the molecule is Oc1c([C@@H](c2ccc(Cl)cc2)N2CCCC2)ccc2cccnc12. The van der Waals surface area contributed by atoms with Crippen LogP contribution in [0.25, 0.3) is 10.9 Å². The van der Waals surface area contributed by atoms with Gasteiger partial charge in [-0.3, -0.25) is 9.88 Å². The summed E-state index contributed by atoms with van der Waals surface area (Å²) in [4.78, 5) is 6.79. The van der Waals surface area contributed by atoms with E-state index in [0.29, 0.717) is 5.52 Å². The number of benzene rings is 2. The number of rotatable bonds is 3. The summed E-state index contributed by atoms with van der Waals surface area (Å²) >= 11 is 6.06. The molecule has 1 atom stereocenters. The zero-order chi connectivity index (χ0) is 16.5. The van der Waals surface area contributed by atoms with Gasteiger partial charge < -0.3 is 5.11 Å². The number of aromatic nitrogens is 1. The van der Waals surface area contributed by atoms with Gasteiger partial charge in [-0.25, -0.2) is 0 Å². The van der Waals surface area contributed by atoms with E-state index in [-0.39, 0.29) is 11.8 Å². The van der Waals surface area contributed by atoms with E-state index in [1.807, 2.05) is 48.5 Å². The van der Waals surface area contributed by atoms with Crippen LogP contribution in [0.15, 0.2) is 54.7 Å². The van der Waals surface area contributed by atoms with Crippen LogP contribution in [0.5, 0.6) is 5.75 Å². The third-order valence-corrected chi connectivity index (χ3v) is 5.02. The van der Waals surface area contributed by atoms with Gasteiger partial charge in [0.2, 0.25) is 0 Å². The highest BCUT2D eigenvalue weighted by atomic mass is 35.5. The number of hydrogen-bond acceptors (Lipinski definition) is 3. The first-order valence-electron chi connectivity index (χ1n) is 8.30.